The van der Waals surface area contributed by atoms with Crippen molar-refractivity contribution in [3.63, 3.8) is 0 Å². The van der Waals surface area contributed by atoms with E-state index in [4.69, 9.17) is 0 Å². The van der Waals surface area contributed by atoms with Gasteiger partial charge in [-0.3, -0.25) is 14.6 Å². The number of hydrogen-bond donors (Lipinski definition) is 1. The van der Waals surface area contributed by atoms with E-state index in [2.05, 4.69) is 48.1 Å². The molecule has 31 heavy (non-hydrogen) atoms. The first-order valence-corrected chi connectivity index (χ1v) is 10.7. The topological polar surface area (TPSA) is 87.1 Å². The predicted molar refractivity (Wildman–Crippen MR) is 118 cm³/mol. The Morgan fingerprint density at radius 1 is 1.06 bits per heavy atom. The van der Waals surface area contributed by atoms with Crippen molar-refractivity contribution >= 4 is 16.5 Å². The van der Waals surface area contributed by atoms with Crippen LogP contribution in [0.4, 0.5) is 5.69 Å². The van der Waals surface area contributed by atoms with Gasteiger partial charge in [-0.25, -0.2) is 0 Å². The van der Waals surface area contributed by atoms with Crippen molar-refractivity contribution in [1.29, 1.82) is 0 Å². The molecule has 2 aliphatic rings. The smallest absolute Gasteiger partial charge is 0.269 e. The van der Waals surface area contributed by atoms with Crippen molar-refractivity contribution in [3.8, 4) is 0 Å². The highest BCUT2D eigenvalue weighted by Crippen LogP contribution is 2.51. The van der Waals surface area contributed by atoms with E-state index in [9.17, 15) is 15.0 Å². The van der Waals surface area contributed by atoms with Crippen molar-refractivity contribution in [2.24, 2.45) is 13.0 Å². The Morgan fingerprint density at radius 3 is 2.39 bits per heavy atom. The third-order valence-electron chi connectivity index (χ3n) is 7.32. The standard InChI is InChI=1S/C25H27N3O3/c1-13-19(24(31)28(5)26-13)20-22(29)16(23(20)30)12-18-25(2,3)21-15-9-7-6-8-14(15)10-11-17(21)27(18)4/h6-12,16,20,22-23,26H,1-5H3/q-2. The number of H-pyrrole nitrogens is 1. The van der Waals surface area contributed by atoms with Gasteiger partial charge in [0.05, 0.1) is 0 Å². The number of anilines is 1. The summed E-state index contributed by atoms with van der Waals surface area (Å²) < 4.78 is 1.34. The molecular weight excluding hydrogens is 390 g/mol. The molecule has 1 aliphatic carbocycles. The normalized spacial score (nSPS) is 28.2. The van der Waals surface area contributed by atoms with Crippen LogP contribution in [0.2, 0.25) is 0 Å². The van der Waals surface area contributed by atoms with Crippen LogP contribution in [0.15, 0.2) is 53.0 Å². The average Bonchev–Trinajstić information content (AvgIpc) is 3.10. The van der Waals surface area contributed by atoms with Crippen LogP contribution < -0.4 is 20.7 Å². The summed E-state index contributed by atoms with van der Waals surface area (Å²) in [6.45, 7) is 6.04. The number of nitrogens with one attached hydrogen (secondary N) is 1. The zero-order chi connectivity index (χ0) is 22.2. The van der Waals surface area contributed by atoms with E-state index in [1.54, 1.807) is 14.0 Å². The number of aromatic nitrogens is 2. The predicted octanol–water partition coefficient (Wildman–Crippen LogP) is 1.66. The molecular formula is C25H27N3O3-2. The summed E-state index contributed by atoms with van der Waals surface area (Å²) >= 11 is 0. The molecule has 0 bridgehead atoms. The molecule has 6 nitrogen and oxygen atoms in total. The minimum absolute atomic E-state index is 0.271. The largest absolute Gasteiger partial charge is 0.851 e. The van der Waals surface area contributed by atoms with E-state index in [0.717, 1.165) is 11.4 Å². The van der Waals surface area contributed by atoms with Crippen molar-refractivity contribution < 1.29 is 10.2 Å². The summed E-state index contributed by atoms with van der Waals surface area (Å²) in [4.78, 5) is 14.5. The van der Waals surface area contributed by atoms with Crippen LogP contribution in [0.25, 0.3) is 10.8 Å². The van der Waals surface area contributed by atoms with Gasteiger partial charge in [0.2, 0.25) is 0 Å². The molecule has 2 atom stereocenters. The van der Waals surface area contributed by atoms with E-state index in [1.807, 2.05) is 25.3 Å². The van der Waals surface area contributed by atoms with Gasteiger partial charge in [-0.15, -0.1) is 12.2 Å². The quantitative estimate of drug-likeness (QED) is 0.687. The SMILES string of the molecule is Cc1[nH]n(C)c(=O)c1C1C([O-])C(C=C2N(C)c3ccc4ccccc4c3C2(C)C)C1[O-]. The number of aromatic amines is 1. The molecule has 162 valence electrons. The van der Waals surface area contributed by atoms with Gasteiger partial charge in [0, 0.05) is 42.2 Å². The van der Waals surface area contributed by atoms with Gasteiger partial charge in [0.25, 0.3) is 5.56 Å². The minimum Gasteiger partial charge on any atom is -0.851 e. The number of nitrogens with zero attached hydrogens (tertiary/aromatic N) is 2. The van der Waals surface area contributed by atoms with Gasteiger partial charge >= 0.3 is 0 Å². The van der Waals surface area contributed by atoms with Crippen molar-refractivity contribution in [1.82, 2.24) is 9.78 Å². The van der Waals surface area contributed by atoms with Crippen LogP contribution in [0.5, 0.6) is 0 Å². The van der Waals surface area contributed by atoms with E-state index in [0.29, 0.717) is 11.3 Å². The second kappa shape index (κ2) is 6.58. The molecule has 1 aliphatic heterocycles. The summed E-state index contributed by atoms with van der Waals surface area (Å²) in [5.74, 6) is -1.45. The molecule has 5 rings (SSSR count). The summed E-state index contributed by atoms with van der Waals surface area (Å²) in [5.41, 5.74) is 3.65. The van der Waals surface area contributed by atoms with Gasteiger partial charge in [-0.05, 0) is 41.2 Å². The zero-order valence-corrected chi connectivity index (χ0v) is 18.5. The number of likely N-dealkylation sites (N-methyl/N-ethyl adjacent to an activating group) is 1. The highest BCUT2D eigenvalue weighted by molar-refractivity contribution is 5.94. The third-order valence-corrected chi connectivity index (χ3v) is 7.32. The molecule has 0 saturated heterocycles. The highest BCUT2D eigenvalue weighted by Gasteiger charge is 2.44. The lowest BCUT2D eigenvalue weighted by molar-refractivity contribution is -0.543. The van der Waals surface area contributed by atoms with Crippen LogP contribution in [-0.2, 0) is 12.5 Å². The number of fused-ring (bicyclic) bond motifs is 3. The maximum Gasteiger partial charge on any atom is 0.269 e. The van der Waals surface area contributed by atoms with Crippen LogP contribution in [0, 0.1) is 12.8 Å². The molecule has 2 unspecified atom stereocenters. The van der Waals surface area contributed by atoms with E-state index in [-0.39, 0.29) is 11.0 Å². The first kappa shape index (κ1) is 20.1. The van der Waals surface area contributed by atoms with E-state index < -0.39 is 24.0 Å². The van der Waals surface area contributed by atoms with Crippen LogP contribution in [0.3, 0.4) is 0 Å². The Balaban J connectivity index is 1.54. The molecule has 0 amide bonds. The lowest BCUT2D eigenvalue weighted by Crippen LogP contribution is -2.65. The van der Waals surface area contributed by atoms with Crippen molar-refractivity contribution in [3.05, 3.63) is 75.3 Å². The Morgan fingerprint density at radius 2 is 1.74 bits per heavy atom. The summed E-state index contributed by atoms with van der Waals surface area (Å²) in [6.07, 6.45) is -0.365. The fraction of sp³-hybridized carbons (Fsp3) is 0.400. The van der Waals surface area contributed by atoms with E-state index >= 15 is 0 Å². The first-order chi connectivity index (χ1) is 14.6. The van der Waals surface area contributed by atoms with E-state index in [1.165, 1.54) is 21.0 Å². The molecule has 1 aromatic heterocycles. The molecule has 0 radical (unpaired) electrons. The van der Waals surface area contributed by atoms with Gasteiger partial charge in [0.15, 0.2) is 0 Å². The Kier molecular flexibility index (Phi) is 4.27. The Bertz CT molecular complexity index is 1270. The number of benzene rings is 2. The second-order valence-electron chi connectivity index (χ2n) is 9.46. The maximum atomic E-state index is 13.1. The van der Waals surface area contributed by atoms with Crippen molar-refractivity contribution in [2.75, 3.05) is 11.9 Å². The van der Waals surface area contributed by atoms with Crippen molar-refractivity contribution in [2.45, 2.75) is 44.3 Å². The minimum atomic E-state index is -1.12. The fourth-order valence-corrected chi connectivity index (χ4v) is 5.70. The molecule has 3 aromatic rings. The summed E-state index contributed by atoms with van der Waals surface area (Å²) in [6, 6.07) is 12.5. The molecule has 2 heterocycles. The number of hydrogen-bond acceptors (Lipinski definition) is 4. The van der Waals surface area contributed by atoms with Gasteiger partial charge in [-0.1, -0.05) is 50.3 Å². The third kappa shape index (κ3) is 2.61. The monoisotopic (exact) mass is 417 g/mol. The molecule has 1 saturated carbocycles. The van der Waals surface area contributed by atoms with Crippen LogP contribution in [0.1, 0.15) is 36.6 Å². The molecule has 0 spiro atoms. The molecule has 6 heteroatoms. The molecule has 2 aromatic carbocycles. The average molecular weight is 418 g/mol. The van der Waals surface area contributed by atoms with Crippen LogP contribution >= 0.6 is 0 Å². The number of aryl methyl sites for hydroxylation is 2. The Labute approximate surface area is 181 Å². The maximum absolute atomic E-state index is 13.1. The lowest BCUT2D eigenvalue weighted by atomic mass is 9.64. The Hall–Kier alpha value is -2.83. The first-order valence-electron chi connectivity index (χ1n) is 10.7. The van der Waals surface area contributed by atoms with Gasteiger partial charge < -0.3 is 15.1 Å². The lowest BCUT2D eigenvalue weighted by Gasteiger charge is -2.60. The number of rotatable bonds is 2. The van der Waals surface area contributed by atoms with Gasteiger partial charge in [0.1, 0.15) is 0 Å². The zero-order valence-electron chi connectivity index (χ0n) is 18.5. The van der Waals surface area contributed by atoms with Gasteiger partial charge in [-0.2, -0.15) is 0 Å². The second-order valence-corrected chi connectivity index (χ2v) is 9.46. The molecule has 1 N–H and O–H groups in total. The van der Waals surface area contributed by atoms with Crippen LogP contribution in [-0.4, -0.2) is 29.0 Å². The summed E-state index contributed by atoms with van der Waals surface area (Å²) in [5, 5.41) is 31.5. The highest BCUT2D eigenvalue weighted by atomic mass is 16.3. The number of allylic oxidation sites excluding steroid dienone is 1. The fourth-order valence-electron chi connectivity index (χ4n) is 5.70. The summed E-state index contributed by atoms with van der Waals surface area (Å²) in [7, 11) is 3.60. The molecule has 1 fully saturated rings.